The second-order valence-electron chi connectivity index (χ2n) is 4.52. The van der Waals surface area contributed by atoms with E-state index in [2.05, 4.69) is 10.3 Å². The quantitative estimate of drug-likeness (QED) is 0.860. The number of rotatable bonds is 5. The minimum absolute atomic E-state index is 0.0168. The highest BCUT2D eigenvalue weighted by atomic mass is 16.5. The molecule has 1 N–H and O–H groups in total. The van der Waals surface area contributed by atoms with Gasteiger partial charge in [0.15, 0.2) is 6.61 Å². The van der Waals surface area contributed by atoms with E-state index >= 15 is 0 Å². The number of hydrogen-bond donors (Lipinski definition) is 1. The Bertz CT molecular complexity index is 715. The summed E-state index contributed by atoms with van der Waals surface area (Å²) in [5.41, 5.74) is 2.42. The highest BCUT2D eigenvalue weighted by Gasteiger charge is 1.98. The average Bonchev–Trinajstić information content (AvgIpc) is 2.52. The first kappa shape index (κ1) is 15.3. The first-order valence-corrected chi connectivity index (χ1v) is 6.69. The van der Waals surface area contributed by atoms with Gasteiger partial charge in [0.1, 0.15) is 11.8 Å². The Morgan fingerprint density at radius 1 is 1.36 bits per heavy atom. The minimum Gasteiger partial charge on any atom is -0.479 e. The number of nitrogens with one attached hydrogen (secondary N) is 1. The third-order valence-corrected chi connectivity index (χ3v) is 2.77. The van der Waals surface area contributed by atoms with Crippen LogP contribution in [0, 0.1) is 18.3 Å². The fourth-order valence-electron chi connectivity index (χ4n) is 1.77. The van der Waals surface area contributed by atoms with E-state index in [1.54, 1.807) is 36.5 Å². The minimum atomic E-state index is -0.213. The molecular formula is C17H15N3O2. The molecule has 22 heavy (non-hydrogen) atoms. The van der Waals surface area contributed by atoms with Crippen molar-refractivity contribution in [3.8, 4) is 11.8 Å². The molecule has 110 valence electrons. The normalized spacial score (nSPS) is 10.2. The van der Waals surface area contributed by atoms with Gasteiger partial charge in [0.25, 0.3) is 0 Å². The highest BCUT2D eigenvalue weighted by molar-refractivity contribution is 6.01. The lowest BCUT2D eigenvalue weighted by molar-refractivity contribution is -0.111. The van der Waals surface area contributed by atoms with Crippen molar-refractivity contribution in [1.29, 1.82) is 5.26 Å². The molecule has 0 saturated carbocycles. The van der Waals surface area contributed by atoms with Gasteiger partial charge in [-0.15, -0.1) is 0 Å². The maximum Gasteiger partial charge on any atom is 0.248 e. The van der Waals surface area contributed by atoms with Gasteiger partial charge < -0.3 is 10.1 Å². The van der Waals surface area contributed by atoms with Crippen molar-refractivity contribution >= 4 is 17.7 Å². The molecule has 1 aromatic heterocycles. The molecule has 0 aliphatic rings. The molecule has 2 rings (SSSR count). The molecule has 0 aliphatic heterocycles. The van der Waals surface area contributed by atoms with Crippen molar-refractivity contribution in [2.24, 2.45) is 0 Å². The van der Waals surface area contributed by atoms with Gasteiger partial charge in [-0.2, -0.15) is 5.26 Å². The summed E-state index contributed by atoms with van der Waals surface area (Å²) in [6.45, 7) is 1.88. The summed E-state index contributed by atoms with van der Waals surface area (Å²) in [6, 6.07) is 12.6. The third-order valence-electron chi connectivity index (χ3n) is 2.77. The topological polar surface area (TPSA) is 75.0 Å². The predicted molar refractivity (Wildman–Crippen MR) is 84.2 cm³/mol. The van der Waals surface area contributed by atoms with Gasteiger partial charge in [-0.05, 0) is 42.8 Å². The van der Waals surface area contributed by atoms with E-state index in [9.17, 15) is 4.79 Å². The van der Waals surface area contributed by atoms with Gasteiger partial charge in [-0.1, -0.05) is 12.1 Å². The number of aryl methyl sites for hydroxylation is 1. The van der Waals surface area contributed by atoms with E-state index in [4.69, 9.17) is 10.00 Å². The fourth-order valence-corrected chi connectivity index (χ4v) is 1.77. The van der Waals surface area contributed by atoms with Crippen molar-refractivity contribution in [2.45, 2.75) is 6.92 Å². The zero-order valence-electron chi connectivity index (χ0n) is 12.1. The summed E-state index contributed by atoms with van der Waals surface area (Å²) < 4.78 is 5.16. The van der Waals surface area contributed by atoms with Crippen LogP contribution in [-0.2, 0) is 4.79 Å². The molecule has 5 nitrogen and oxygen atoms in total. The van der Waals surface area contributed by atoms with Crippen LogP contribution in [0.3, 0.4) is 0 Å². The first-order chi connectivity index (χ1) is 10.7. The van der Waals surface area contributed by atoms with E-state index in [1.807, 2.05) is 25.1 Å². The number of aromatic nitrogens is 1. The zero-order chi connectivity index (χ0) is 15.8. The van der Waals surface area contributed by atoms with Crippen molar-refractivity contribution < 1.29 is 9.53 Å². The lowest BCUT2D eigenvalue weighted by atomic mass is 10.2. The molecule has 2 aromatic rings. The van der Waals surface area contributed by atoms with Crippen molar-refractivity contribution in [3.63, 3.8) is 0 Å². The summed E-state index contributed by atoms with van der Waals surface area (Å²) in [6.07, 6.45) is 4.81. The van der Waals surface area contributed by atoms with Crippen LogP contribution < -0.4 is 10.1 Å². The molecule has 0 fully saturated rings. The number of nitriles is 1. The molecule has 1 aromatic carbocycles. The summed E-state index contributed by atoms with van der Waals surface area (Å²) in [4.78, 5) is 15.9. The van der Waals surface area contributed by atoms with Crippen LogP contribution in [0.2, 0.25) is 0 Å². The van der Waals surface area contributed by atoms with Gasteiger partial charge >= 0.3 is 0 Å². The van der Waals surface area contributed by atoms with E-state index < -0.39 is 0 Å². The number of ether oxygens (including phenoxy) is 1. The lowest BCUT2D eigenvalue weighted by Gasteiger charge is -2.03. The molecule has 0 atom stereocenters. The van der Waals surface area contributed by atoms with Crippen LogP contribution in [0.1, 0.15) is 11.3 Å². The molecular weight excluding hydrogens is 278 g/mol. The molecule has 0 unspecified atom stereocenters. The number of pyridine rings is 1. The Hall–Kier alpha value is -3.13. The lowest BCUT2D eigenvalue weighted by Crippen LogP contribution is -2.07. The van der Waals surface area contributed by atoms with E-state index in [1.165, 1.54) is 6.08 Å². The third kappa shape index (κ3) is 4.76. The SMILES string of the molecule is Cc1cc(NC(=O)C=Cc2ccc(OCC#N)cc2)ccn1. The monoisotopic (exact) mass is 293 g/mol. The van der Waals surface area contributed by atoms with Crippen LogP contribution in [0.25, 0.3) is 6.08 Å². The van der Waals surface area contributed by atoms with Gasteiger partial charge in [-0.25, -0.2) is 0 Å². The molecule has 0 saturated heterocycles. The first-order valence-electron chi connectivity index (χ1n) is 6.69. The Labute approximate surface area is 128 Å². The molecule has 5 heteroatoms. The number of carbonyl (C=O) groups is 1. The van der Waals surface area contributed by atoms with Gasteiger partial charge in [0.2, 0.25) is 5.91 Å². The molecule has 1 heterocycles. The summed E-state index contributed by atoms with van der Waals surface area (Å²) >= 11 is 0. The van der Waals surface area contributed by atoms with E-state index in [-0.39, 0.29) is 12.5 Å². The molecule has 0 aliphatic carbocycles. The average molecular weight is 293 g/mol. The largest absolute Gasteiger partial charge is 0.479 e. The van der Waals surface area contributed by atoms with Gasteiger partial charge in [-0.3, -0.25) is 9.78 Å². The second kappa shape index (κ2) is 7.60. The van der Waals surface area contributed by atoms with Gasteiger partial charge in [0.05, 0.1) is 0 Å². The van der Waals surface area contributed by atoms with Gasteiger partial charge in [0, 0.05) is 23.7 Å². The summed E-state index contributed by atoms with van der Waals surface area (Å²) in [5.74, 6) is 0.408. The Kier molecular flexibility index (Phi) is 5.27. The van der Waals surface area contributed by atoms with E-state index in [0.717, 1.165) is 11.3 Å². The second-order valence-corrected chi connectivity index (χ2v) is 4.52. The maximum atomic E-state index is 11.8. The number of amides is 1. The number of nitrogens with zero attached hydrogens (tertiary/aromatic N) is 2. The van der Waals surface area contributed by atoms with Crippen molar-refractivity contribution in [2.75, 3.05) is 11.9 Å². The standard InChI is InChI=1S/C17H15N3O2/c1-13-12-15(8-10-19-13)20-17(21)7-4-14-2-5-16(6-3-14)22-11-9-18/h2-8,10,12H,11H2,1H3,(H,19,20,21). The van der Waals surface area contributed by atoms with Crippen molar-refractivity contribution in [3.05, 3.63) is 59.9 Å². The summed E-state index contributed by atoms with van der Waals surface area (Å²) in [7, 11) is 0. The molecule has 0 radical (unpaired) electrons. The van der Waals surface area contributed by atoms with Crippen LogP contribution in [0.15, 0.2) is 48.7 Å². The van der Waals surface area contributed by atoms with Crippen LogP contribution in [0.5, 0.6) is 5.75 Å². The predicted octanol–water partition coefficient (Wildman–Crippen LogP) is 2.94. The Morgan fingerprint density at radius 3 is 2.82 bits per heavy atom. The molecule has 0 spiro atoms. The Morgan fingerprint density at radius 2 is 2.14 bits per heavy atom. The summed E-state index contributed by atoms with van der Waals surface area (Å²) in [5, 5.41) is 11.2. The molecule has 1 amide bonds. The van der Waals surface area contributed by atoms with E-state index in [0.29, 0.717) is 11.4 Å². The highest BCUT2D eigenvalue weighted by Crippen LogP contribution is 2.13. The zero-order valence-corrected chi connectivity index (χ0v) is 12.1. The maximum absolute atomic E-state index is 11.8. The van der Waals surface area contributed by atoms with Crippen LogP contribution >= 0.6 is 0 Å². The number of hydrogen-bond acceptors (Lipinski definition) is 4. The smallest absolute Gasteiger partial charge is 0.248 e. The van der Waals surface area contributed by atoms with Crippen LogP contribution in [0.4, 0.5) is 5.69 Å². The van der Waals surface area contributed by atoms with Crippen molar-refractivity contribution in [1.82, 2.24) is 4.98 Å². The Balaban J connectivity index is 1.93. The number of benzene rings is 1. The fraction of sp³-hybridized carbons (Fsp3) is 0.118. The molecule has 0 bridgehead atoms. The number of carbonyl (C=O) groups excluding carboxylic acids is 1. The van der Waals surface area contributed by atoms with Crippen LogP contribution in [-0.4, -0.2) is 17.5 Å². The number of anilines is 1.